The predicted octanol–water partition coefficient (Wildman–Crippen LogP) is 2.84. The fourth-order valence-corrected chi connectivity index (χ4v) is 7.36. The molecule has 2 fully saturated rings. The zero-order valence-electron chi connectivity index (χ0n) is 24.3. The van der Waals surface area contributed by atoms with Crippen molar-refractivity contribution in [2.45, 2.75) is 38.7 Å². The summed E-state index contributed by atoms with van der Waals surface area (Å²) in [4.78, 5) is 68.8. The first kappa shape index (κ1) is 31.2. The normalized spacial score (nSPS) is 28.3. The number of carbonyl (C=O) groups is 5. The Balaban J connectivity index is 1.63. The van der Waals surface area contributed by atoms with E-state index >= 15 is 0 Å². The van der Waals surface area contributed by atoms with Gasteiger partial charge in [0.1, 0.15) is 11.5 Å². The Morgan fingerprint density at radius 1 is 1.09 bits per heavy atom. The smallest absolute Gasteiger partial charge is 0.507 e. The fourth-order valence-electron chi connectivity index (χ4n) is 7.36. The van der Waals surface area contributed by atoms with Crippen molar-refractivity contribution in [2.75, 3.05) is 19.0 Å². The van der Waals surface area contributed by atoms with Crippen LogP contribution in [-0.4, -0.2) is 65.3 Å². The zero-order chi connectivity index (χ0) is 32.6. The van der Waals surface area contributed by atoms with E-state index in [-0.39, 0.29) is 29.5 Å². The number of rotatable bonds is 5. The molecule has 0 radical (unpaired) electrons. The average molecular weight is 617 g/mol. The highest BCUT2D eigenvalue weighted by molar-refractivity contribution is 6.32. The number of phenolic OH excluding ortho intramolecular Hbond substituents is 1. The second kappa shape index (κ2) is 10.4. The number of carbonyl (C=O) groups excluding carboxylic acids is 5. The van der Waals surface area contributed by atoms with Crippen molar-refractivity contribution in [3.8, 4) is 22.6 Å². The molecule has 13 heteroatoms. The number of hydrogen-bond acceptors (Lipinski definition) is 9. The fraction of sp³-hybridized carbons (Fsp3) is 0.452. The SMILES string of the molecule is CC(C)[C@@H]1C(=O)C(C(N)=O)C(=O)[C@@]2(O)C(=O)C3C(=O)c4c(O)c(-c5ccc(OC(F)(F)F)cc5)cc(N(C)C)c4C[C@H]3C[C@@H]12. The molecule has 3 aliphatic carbocycles. The summed E-state index contributed by atoms with van der Waals surface area (Å²) in [5.74, 6) is -13.5. The number of nitrogens with two attached hydrogens (primary N) is 1. The quantitative estimate of drug-likeness (QED) is 0.429. The van der Waals surface area contributed by atoms with Crippen LogP contribution in [0.1, 0.15) is 36.2 Å². The first-order chi connectivity index (χ1) is 20.4. The van der Waals surface area contributed by atoms with Crippen LogP contribution in [0.5, 0.6) is 11.5 Å². The molecule has 0 aliphatic heterocycles. The van der Waals surface area contributed by atoms with E-state index in [2.05, 4.69) is 4.74 Å². The number of aliphatic hydroxyl groups is 1. The maximum Gasteiger partial charge on any atom is 0.573 e. The van der Waals surface area contributed by atoms with Gasteiger partial charge in [-0.05, 0) is 54.0 Å². The van der Waals surface area contributed by atoms with Crippen LogP contribution in [0.15, 0.2) is 30.3 Å². The van der Waals surface area contributed by atoms with Crippen molar-refractivity contribution in [3.63, 3.8) is 0 Å². The monoisotopic (exact) mass is 616 g/mol. The van der Waals surface area contributed by atoms with Crippen LogP contribution < -0.4 is 15.4 Å². The highest BCUT2D eigenvalue weighted by Crippen LogP contribution is 2.54. The summed E-state index contributed by atoms with van der Waals surface area (Å²) < 4.78 is 41.9. The molecule has 0 saturated heterocycles. The minimum atomic E-state index is -4.91. The molecule has 2 saturated carbocycles. The number of benzene rings is 2. The first-order valence-corrected chi connectivity index (χ1v) is 14.0. The van der Waals surface area contributed by atoms with Crippen molar-refractivity contribution in [3.05, 3.63) is 41.5 Å². The van der Waals surface area contributed by atoms with Crippen LogP contribution in [0.2, 0.25) is 0 Å². The van der Waals surface area contributed by atoms with Gasteiger partial charge in [0, 0.05) is 37.2 Å². The van der Waals surface area contributed by atoms with E-state index in [4.69, 9.17) is 5.73 Å². The van der Waals surface area contributed by atoms with Crippen LogP contribution in [0.4, 0.5) is 18.9 Å². The van der Waals surface area contributed by atoms with Gasteiger partial charge < -0.3 is 25.6 Å². The third-order valence-corrected chi connectivity index (χ3v) is 9.17. The molecule has 2 unspecified atom stereocenters. The lowest BCUT2D eigenvalue weighted by Gasteiger charge is -2.52. The predicted molar refractivity (Wildman–Crippen MR) is 149 cm³/mol. The summed E-state index contributed by atoms with van der Waals surface area (Å²) >= 11 is 0. The van der Waals surface area contributed by atoms with Crippen molar-refractivity contribution < 1.29 is 52.1 Å². The number of ketones is 4. The number of primary amides is 1. The van der Waals surface area contributed by atoms with Crippen LogP contribution in [0.25, 0.3) is 11.1 Å². The molecule has 6 atom stereocenters. The molecule has 2 aromatic rings. The number of hydrogen-bond donors (Lipinski definition) is 3. The number of fused-ring (bicyclic) bond motifs is 3. The van der Waals surface area contributed by atoms with E-state index < -0.39 is 88.0 Å². The number of anilines is 1. The first-order valence-electron chi connectivity index (χ1n) is 14.0. The van der Waals surface area contributed by atoms with Gasteiger partial charge in [0.25, 0.3) is 0 Å². The molecule has 44 heavy (non-hydrogen) atoms. The largest absolute Gasteiger partial charge is 0.573 e. The Labute approximate surface area is 250 Å². The topological polar surface area (TPSA) is 164 Å². The van der Waals surface area contributed by atoms with Gasteiger partial charge in [-0.2, -0.15) is 0 Å². The third-order valence-electron chi connectivity index (χ3n) is 9.17. The number of Topliss-reactive ketones (excluding diaryl/α,β-unsaturated/α-hetero) is 4. The van der Waals surface area contributed by atoms with E-state index in [0.29, 0.717) is 11.3 Å². The summed E-state index contributed by atoms with van der Waals surface area (Å²) in [5, 5.41) is 23.2. The molecule has 0 bridgehead atoms. The Morgan fingerprint density at radius 2 is 1.70 bits per heavy atom. The van der Waals surface area contributed by atoms with E-state index in [9.17, 15) is 47.4 Å². The molecule has 0 spiro atoms. The van der Waals surface area contributed by atoms with Crippen molar-refractivity contribution in [2.24, 2.45) is 41.2 Å². The summed E-state index contributed by atoms with van der Waals surface area (Å²) in [7, 11) is 3.38. The summed E-state index contributed by atoms with van der Waals surface area (Å²) in [6, 6.07) is 6.21. The molecule has 5 rings (SSSR count). The van der Waals surface area contributed by atoms with Gasteiger partial charge in [0.2, 0.25) is 5.91 Å². The van der Waals surface area contributed by atoms with Gasteiger partial charge in [0.15, 0.2) is 34.7 Å². The lowest BCUT2D eigenvalue weighted by Crippen LogP contribution is -2.71. The number of halogens is 3. The molecule has 3 aliphatic rings. The van der Waals surface area contributed by atoms with E-state index in [1.807, 2.05) is 0 Å². The summed E-state index contributed by atoms with van der Waals surface area (Å²) in [5.41, 5.74) is 3.56. The molecular formula is C31H31F3N2O8. The number of nitrogens with zero attached hydrogens (tertiary/aromatic N) is 1. The Hall–Kier alpha value is -4.26. The second-order valence-electron chi connectivity index (χ2n) is 12.3. The van der Waals surface area contributed by atoms with Gasteiger partial charge in [0.05, 0.1) is 11.5 Å². The number of alkyl halides is 3. The highest BCUT2D eigenvalue weighted by Gasteiger charge is 2.69. The third kappa shape index (κ3) is 4.64. The Bertz CT molecular complexity index is 1600. The maximum atomic E-state index is 14.1. The van der Waals surface area contributed by atoms with Crippen molar-refractivity contribution in [1.29, 1.82) is 0 Å². The number of ether oxygens (including phenoxy) is 1. The van der Waals surface area contributed by atoms with E-state index in [1.54, 1.807) is 38.9 Å². The van der Waals surface area contributed by atoms with Gasteiger partial charge in [-0.25, -0.2) is 0 Å². The van der Waals surface area contributed by atoms with Gasteiger partial charge in [-0.3, -0.25) is 24.0 Å². The lowest BCUT2D eigenvalue weighted by atomic mass is 9.49. The van der Waals surface area contributed by atoms with Gasteiger partial charge in [-0.15, -0.1) is 13.2 Å². The minimum absolute atomic E-state index is 0.0556. The average Bonchev–Trinajstić information content (AvgIpc) is 2.90. The molecule has 0 heterocycles. The second-order valence-corrected chi connectivity index (χ2v) is 12.3. The molecule has 10 nitrogen and oxygen atoms in total. The van der Waals surface area contributed by atoms with Gasteiger partial charge in [-0.1, -0.05) is 26.0 Å². The Morgan fingerprint density at radius 3 is 2.23 bits per heavy atom. The lowest BCUT2D eigenvalue weighted by molar-refractivity contribution is -0.274. The number of amides is 1. The van der Waals surface area contributed by atoms with E-state index in [0.717, 1.165) is 12.1 Å². The van der Waals surface area contributed by atoms with Crippen LogP contribution >= 0.6 is 0 Å². The van der Waals surface area contributed by atoms with Crippen LogP contribution in [-0.2, 0) is 25.6 Å². The van der Waals surface area contributed by atoms with Gasteiger partial charge >= 0.3 is 6.36 Å². The van der Waals surface area contributed by atoms with Crippen molar-refractivity contribution >= 4 is 34.7 Å². The molecule has 0 aromatic heterocycles. The van der Waals surface area contributed by atoms with E-state index in [1.165, 1.54) is 12.1 Å². The number of aromatic hydroxyl groups is 1. The molecule has 4 N–H and O–H groups in total. The highest BCUT2D eigenvalue weighted by atomic mass is 19.4. The maximum absolute atomic E-state index is 14.1. The number of phenols is 1. The van der Waals surface area contributed by atoms with Crippen LogP contribution in [0.3, 0.4) is 0 Å². The molecular weight excluding hydrogens is 585 g/mol. The van der Waals surface area contributed by atoms with Crippen molar-refractivity contribution in [1.82, 2.24) is 0 Å². The molecule has 2 aromatic carbocycles. The zero-order valence-corrected chi connectivity index (χ0v) is 24.3. The standard InChI is InChI=1S/C31H31F3N2O8/c1-12(2)20-18-10-14-9-17-19(36(3)4)11-16(13-5-7-15(8-6-13)44-31(32,33)34)24(37)22(17)26(39)21(14)27(40)30(18,43)28(41)23(25(20)38)29(35)42/h5-8,11-12,14,18,20-21,23,37,43H,9-10H2,1-4H3,(H2,35,42)/t14-,18-,20-,21?,23?,30-/m0/s1. The minimum Gasteiger partial charge on any atom is -0.507 e. The molecule has 234 valence electrons. The van der Waals surface area contributed by atoms with Crippen LogP contribution in [0, 0.1) is 35.5 Å². The Kier molecular flexibility index (Phi) is 7.39. The summed E-state index contributed by atoms with van der Waals surface area (Å²) in [6.45, 7) is 3.33. The molecule has 1 amide bonds. The summed E-state index contributed by atoms with van der Waals surface area (Å²) in [6.07, 6.45) is -4.89.